The average molecular weight is 517 g/mol. The van der Waals surface area contributed by atoms with Gasteiger partial charge in [0.05, 0.1) is 18.9 Å². The van der Waals surface area contributed by atoms with Gasteiger partial charge in [-0.3, -0.25) is 9.48 Å². The molecular formula is C25H36N6O6. The van der Waals surface area contributed by atoms with E-state index < -0.39 is 0 Å². The summed E-state index contributed by atoms with van der Waals surface area (Å²) in [4.78, 5) is 26.6. The van der Waals surface area contributed by atoms with Crippen LogP contribution in [0.5, 0.6) is 11.5 Å². The van der Waals surface area contributed by atoms with E-state index in [9.17, 15) is 9.59 Å². The number of fused-ring (bicyclic) bond motifs is 3. The number of nitrogens with one attached hydrogen (secondary N) is 2. The van der Waals surface area contributed by atoms with Crippen molar-refractivity contribution >= 4 is 17.7 Å². The molecule has 0 aliphatic carbocycles. The molecule has 12 nitrogen and oxygen atoms in total. The minimum absolute atomic E-state index is 0.0103. The second-order valence-electron chi connectivity index (χ2n) is 9.56. The lowest BCUT2D eigenvalue weighted by Crippen LogP contribution is -2.44. The number of carbonyl (C=O) groups is 2. The molecule has 0 spiro atoms. The van der Waals surface area contributed by atoms with Crippen LogP contribution in [0.25, 0.3) is 0 Å². The van der Waals surface area contributed by atoms with E-state index >= 15 is 0 Å². The highest BCUT2D eigenvalue weighted by Crippen LogP contribution is 2.32. The molecule has 0 unspecified atom stereocenters. The molecule has 2 bridgehead atoms. The first kappa shape index (κ1) is 26.7. The van der Waals surface area contributed by atoms with Crippen molar-refractivity contribution in [3.05, 3.63) is 30.1 Å². The normalized spacial score (nSPS) is 23.1. The Bertz CT molecular complexity index is 1060. The van der Waals surface area contributed by atoms with E-state index in [0.717, 1.165) is 0 Å². The van der Waals surface area contributed by atoms with Gasteiger partial charge in [-0.25, -0.2) is 4.79 Å². The van der Waals surface area contributed by atoms with Gasteiger partial charge >= 0.3 is 12.0 Å². The van der Waals surface area contributed by atoms with Crippen LogP contribution in [0.4, 0.5) is 10.5 Å². The molecule has 202 valence electrons. The number of ether oxygens (including phenoxy) is 4. The smallest absolute Gasteiger partial charge is 0.321 e. The van der Waals surface area contributed by atoms with E-state index in [4.69, 9.17) is 18.9 Å². The zero-order valence-electron chi connectivity index (χ0n) is 21.6. The van der Waals surface area contributed by atoms with Crippen molar-refractivity contribution in [2.75, 3.05) is 45.3 Å². The van der Waals surface area contributed by atoms with Gasteiger partial charge in [0.25, 0.3) is 0 Å². The van der Waals surface area contributed by atoms with Crippen LogP contribution in [0.15, 0.2) is 24.4 Å². The number of anilines is 1. The third-order valence-corrected chi connectivity index (χ3v) is 6.31. The number of benzene rings is 1. The Kier molecular flexibility index (Phi) is 9.18. The van der Waals surface area contributed by atoms with Crippen molar-refractivity contribution in [2.24, 2.45) is 5.92 Å². The fourth-order valence-corrected chi connectivity index (χ4v) is 4.05. The zero-order valence-corrected chi connectivity index (χ0v) is 21.6. The van der Waals surface area contributed by atoms with Crippen LogP contribution < -0.4 is 20.1 Å². The number of cyclic esters (lactones) is 1. The van der Waals surface area contributed by atoms with Gasteiger partial charge in [-0.05, 0) is 31.4 Å². The maximum atomic E-state index is 13.0. The first-order valence-electron chi connectivity index (χ1n) is 12.7. The van der Waals surface area contributed by atoms with Crippen molar-refractivity contribution in [3.8, 4) is 11.5 Å². The summed E-state index contributed by atoms with van der Waals surface area (Å²) in [5.41, 5.74) is 1.31. The Morgan fingerprint density at radius 2 is 2.03 bits per heavy atom. The molecule has 2 aliphatic rings. The summed E-state index contributed by atoms with van der Waals surface area (Å²) in [6.07, 6.45) is 2.49. The fraction of sp³-hybridized carbons (Fsp3) is 0.600. The van der Waals surface area contributed by atoms with E-state index in [1.165, 1.54) is 0 Å². The molecule has 37 heavy (non-hydrogen) atoms. The molecule has 2 N–H and O–H groups in total. The van der Waals surface area contributed by atoms with E-state index in [1.54, 1.807) is 34.8 Å². The highest BCUT2D eigenvalue weighted by Gasteiger charge is 2.24. The lowest BCUT2D eigenvalue weighted by atomic mass is 10.0. The summed E-state index contributed by atoms with van der Waals surface area (Å²) in [6, 6.07) is 5.05. The maximum absolute atomic E-state index is 13.0. The monoisotopic (exact) mass is 516 g/mol. The molecular weight excluding hydrogens is 480 g/mol. The highest BCUT2D eigenvalue weighted by atomic mass is 16.6. The predicted octanol–water partition coefficient (Wildman–Crippen LogP) is 2.05. The molecule has 1 aromatic carbocycles. The molecule has 3 heterocycles. The molecule has 2 amide bonds. The standard InChI is InChI=1S/C25H36N6O6/c1-17-12-26-18(2)15-37-24(32)5-4-8-31-13-20(28-29-31)16-36-23(17)14-30(3)25(33)27-19-6-7-21-22(11-19)35-10-9-34-21/h6-7,11,13,17-18,23,26H,4-5,8-10,12,14-16H2,1-3H3,(H,27,33)/t17-,18+,23-/m0/s1. The number of hydrogen-bond acceptors (Lipinski definition) is 9. The molecule has 3 atom stereocenters. The molecule has 12 heteroatoms. The topological polar surface area (TPSA) is 129 Å². The summed E-state index contributed by atoms with van der Waals surface area (Å²) < 4.78 is 24.5. The van der Waals surface area contributed by atoms with Gasteiger partial charge in [0.2, 0.25) is 0 Å². The van der Waals surface area contributed by atoms with Crippen LogP contribution in [-0.2, 0) is 27.4 Å². The van der Waals surface area contributed by atoms with Crippen molar-refractivity contribution < 1.29 is 28.5 Å². The Hall–Kier alpha value is -3.38. The average Bonchev–Trinajstić information content (AvgIpc) is 3.35. The Labute approximate surface area is 216 Å². The molecule has 0 fully saturated rings. The molecule has 2 aromatic rings. The van der Waals surface area contributed by atoms with Crippen molar-refractivity contribution in [1.82, 2.24) is 25.2 Å². The number of hydrogen-bond donors (Lipinski definition) is 2. The van der Waals surface area contributed by atoms with Crippen molar-refractivity contribution in [3.63, 3.8) is 0 Å². The fourth-order valence-electron chi connectivity index (χ4n) is 4.05. The number of likely N-dealkylation sites (N-methyl/N-ethyl adjacent to an activating group) is 1. The molecule has 2 aliphatic heterocycles. The van der Waals surface area contributed by atoms with E-state index in [2.05, 4.69) is 27.9 Å². The van der Waals surface area contributed by atoms with Gasteiger partial charge in [-0.2, -0.15) is 0 Å². The van der Waals surface area contributed by atoms with Crippen molar-refractivity contribution in [1.29, 1.82) is 0 Å². The molecule has 0 radical (unpaired) electrons. The third kappa shape index (κ3) is 7.80. The summed E-state index contributed by atoms with van der Waals surface area (Å²) >= 11 is 0. The minimum atomic E-state index is -0.281. The largest absolute Gasteiger partial charge is 0.486 e. The summed E-state index contributed by atoms with van der Waals surface area (Å²) in [7, 11) is 1.73. The predicted molar refractivity (Wildman–Crippen MR) is 135 cm³/mol. The van der Waals surface area contributed by atoms with Crippen LogP contribution >= 0.6 is 0 Å². The van der Waals surface area contributed by atoms with Gasteiger partial charge in [0, 0.05) is 50.9 Å². The van der Waals surface area contributed by atoms with Crippen LogP contribution in [0.3, 0.4) is 0 Å². The van der Waals surface area contributed by atoms with Gasteiger partial charge in [0.1, 0.15) is 25.5 Å². The third-order valence-electron chi connectivity index (χ3n) is 6.31. The van der Waals surface area contributed by atoms with Crippen LogP contribution in [0, 0.1) is 5.92 Å². The quantitative estimate of drug-likeness (QED) is 0.589. The number of rotatable bonds is 3. The summed E-state index contributed by atoms with van der Waals surface area (Å²) in [5, 5.41) is 14.6. The van der Waals surface area contributed by atoms with E-state index in [1.807, 2.05) is 13.1 Å². The maximum Gasteiger partial charge on any atom is 0.321 e. The SMILES string of the molecule is C[C@@H]1COC(=O)CCCn2cc(nn2)CO[C@@H](CN(C)C(=O)Nc2ccc3c(c2)OCCO3)[C@@H](C)CN1. The number of amides is 2. The first-order valence-corrected chi connectivity index (χ1v) is 12.7. The number of urea groups is 1. The number of carbonyl (C=O) groups excluding carboxylic acids is 2. The second-order valence-corrected chi connectivity index (χ2v) is 9.56. The molecule has 4 rings (SSSR count). The second kappa shape index (κ2) is 12.7. The van der Waals surface area contributed by atoms with Crippen molar-refractivity contribution in [2.45, 2.75) is 52.0 Å². The Morgan fingerprint density at radius 3 is 2.86 bits per heavy atom. The van der Waals surface area contributed by atoms with Crippen LogP contribution in [-0.4, -0.2) is 84.0 Å². The molecule has 1 aromatic heterocycles. The van der Waals surface area contributed by atoms with Crippen LogP contribution in [0.1, 0.15) is 32.4 Å². The molecule has 0 saturated heterocycles. The minimum Gasteiger partial charge on any atom is -0.486 e. The van der Waals surface area contributed by atoms with Gasteiger partial charge in [0.15, 0.2) is 11.5 Å². The Balaban J connectivity index is 1.39. The van der Waals surface area contributed by atoms with E-state index in [0.29, 0.717) is 75.2 Å². The zero-order chi connectivity index (χ0) is 26.2. The lowest BCUT2D eigenvalue weighted by Gasteiger charge is -2.30. The Morgan fingerprint density at radius 1 is 1.22 bits per heavy atom. The van der Waals surface area contributed by atoms with E-state index in [-0.39, 0.29) is 36.7 Å². The molecule has 0 saturated carbocycles. The van der Waals surface area contributed by atoms with Gasteiger partial charge in [-0.1, -0.05) is 12.1 Å². The number of aromatic nitrogens is 3. The lowest BCUT2D eigenvalue weighted by molar-refractivity contribution is -0.144. The highest BCUT2D eigenvalue weighted by molar-refractivity contribution is 5.89. The number of aryl methyl sites for hydroxylation is 1. The number of nitrogens with zero attached hydrogens (tertiary/aromatic N) is 4. The number of esters is 1. The first-order chi connectivity index (χ1) is 17.9. The van der Waals surface area contributed by atoms with Gasteiger partial charge < -0.3 is 34.5 Å². The van der Waals surface area contributed by atoms with Crippen LogP contribution in [0.2, 0.25) is 0 Å². The van der Waals surface area contributed by atoms with Gasteiger partial charge in [-0.15, -0.1) is 5.10 Å². The summed E-state index contributed by atoms with van der Waals surface area (Å²) in [6.45, 7) is 7.12. The summed E-state index contributed by atoms with van der Waals surface area (Å²) in [5.74, 6) is 1.10.